The van der Waals surface area contributed by atoms with Gasteiger partial charge in [0.15, 0.2) is 0 Å². The van der Waals surface area contributed by atoms with Crippen molar-refractivity contribution in [1.29, 1.82) is 0 Å². The summed E-state index contributed by atoms with van der Waals surface area (Å²) in [4.78, 5) is 16.1. The first-order chi connectivity index (χ1) is 21.1. The van der Waals surface area contributed by atoms with Crippen LogP contribution in [0, 0.1) is 0 Å². The summed E-state index contributed by atoms with van der Waals surface area (Å²) in [5, 5.41) is 16.1. The number of aromatic nitrogens is 5. The molecule has 0 bridgehead atoms. The van der Waals surface area contributed by atoms with Gasteiger partial charge < -0.3 is 10.1 Å². The summed E-state index contributed by atoms with van der Waals surface area (Å²) >= 11 is 12.6. The molecule has 44 heavy (non-hydrogen) atoms. The molecule has 0 unspecified atom stereocenters. The van der Waals surface area contributed by atoms with Crippen LogP contribution in [0.15, 0.2) is 73.3 Å². The van der Waals surface area contributed by atoms with Gasteiger partial charge in [0, 0.05) is 47.7 Å². The molecule has 13 heteroatoms. The van der Waals surface area contributed by atoms with Gasteiger partial charge in [-0.1, -0.05) is 35.3 Å². The maximum Gasteiger partial charge on any atom is 0.416 e. The van der Waals surface area contributed by atoms with Gasteiger partial charge >= 0.3 is 6.18 Å². The Bertz CT molecular complexity index is 1830. The lowest BCUT2D eigenvalue weighted by molar-refractivity contribution is -0.137. The number of fused-ring (bicyclic) bond motifs is 1. The molecule has 2 aromatic carbocycles. The van der Waals surface area contributed by atoms with Gasteiger partial charge in [-0.3, -0.25) is 19.6 Å². The Morgan fingerprint density at radius 3 is 2.64 bits per heavy atom. The van der Waals surface area contributed by atoms with Crippen LogP contribution >= 0.6 is 23.2 Å². The Morgan fingerprint density at radius 1 is 1.07 bits per heavy atom. The molecular formula is C31H25Cl2F3N6O2. The number of carbonyl (C=O) groups is 1. The third-order valence-corrected chi connectivity index (χ3v) is 7.14. The second-order valence-corrected chi connectivity index (χ2v) is 10.5. The van der Waals surface area contributed by atoms with Crippen molar-refractivity contribution in [3.63, 3.8) is 0 Å². The van der Waals surface area contributed by atoms with Crippen LogP contribution in [0.4, 0.5) is 13.2 Å². The van der Waals surface area contributed by atoms with Gasteiger partial charge in [-0.25, -0.2) is 0 Å². The smallest absolute Gasteiger partial charge is 0.416 e. The molecular weight excluding hydrogens is 616 g/mol. The molecule has 3 aromatic heterocycles. The molecule has 0 radical (unpaired) electrons. The highest BCUT2D eigenvalue weighted by Gasteiger charge is 2.30. The fourth-order valence-corrected chi connectivity index (χ4v) is 5.06. The zero-order valence-electron chi connectivity index (χ0n) is 23.1. The van der Waals surface area contributed by atoms with E-state index in [-0.39, 0.29) is 12.1 Å². The fraction of sp³-hybridized carbons (Fsp3) is 0.161. The normalized spacial score (nSPS) is 12.8. The molecule has 3 heterocycles. The van der Waals surface area contributed by atoms with Crippen LogP contribution < -0.4 is 10.1 Å². The van der Waals surface area contributed by atoms with E-state index < -0.39 is 23.8 Å². The third kappa shape index (κ3) is 7.66. The van der Waals surface area contributed by atoms with E-state index in [0.29, 0.717) is 33.6 Å². The van der Waals surface area contributed by atoms with E-state index in [1.165, 1.54) is 36.7 Å². The van der Waals surface area contributed by atoms with Gasteiger partial charge in [-0.05, 0) is 61.0 Å². The summed E-state index contributed by atoms with van der Waals surface area (Å²) in [7, 11) is 0. The monoisotopic (exact) mass is 640 g/mol. The van der Waals surface area contributed by atoms with Crippen molar-refractivity contribution in [1.82, 2.24) is 30.3 Å². The van der Waals surface area contributed by atoms with E-state index in [9.17, 15) is 18.0 Å². The van der Waals surface area contributed by atoms with E-state index in [1.54, 1.807) is 10.9 Å². The molecule has 0 aliphatic heterocycles. The maximum atomic E-state index is 12.9. The second kappa shape index (κ2) is 13.4. The summed E-state index contributed by atoms with van der Waals surface area (Å²) in [6.07, 6.45) is 7.93. The molecule has 0 aliphatic rings. The fourth-order valence-electron chi connectivity index (χ4n) is 4.39. The second-order valence-electron chi connectivity index (χ2n) is 9.71. The number of carbonyl (C=O) groups excluding carboxylic acids is 1. The molecule has 5 rings (SSSR count). The molecule has 8 nitrogen and oxygen atoms in total. The highest BCUT2D eigenvalue weighted by atomic mass is 35.5. The van der Waals surface area contributed by atoms with Crippen LogP contribution in [-0.4, -0.2) is 37.4 Å². The first-order valence-electron chi connectivity index (χ1n) is 13.3. The molecule has 0 saturated carbocycles. The van der Waals surface area contributed by atoms with Gasteiger partial charge in [0.1, 0.15) is 11.9 Å². The van der Waals surface area contributed by atoms with Gasteiger partial charge in [-0.15, -0.1) is 0 Å². The number of amides is 1. The van der Waals surface area contributed by atoms with E-state index in [0.717, 1.165) is 28.6 Å². The molecule has 0 spiro atoms. The van der Waals surface area contributed by atoms with E-state index in [4.69, 9.17) is 27.9 Å². The van der Waals surface area contributed by atoms with Crippen LogP contribution in [0.1, 0.15) is 41.0 Å². The number of nitrogens with zero attached hydrogens (tertiary/aromatic N) is 4. The van der Waals surface area contributed by atoms with Gasteiger partial charge in [0.2, 0.25) is 5.91 Å². The van der Waals surface area contributed by atoms with E-state index in [2.05, 4.69) is 25.6 Å². The predicted molar refractivity (Wildman–Crippen MR) is 164 cm³/mol. The van der Waals surface area contributed by atoms with Crippen LogP contribution in [0.25, 0.3) is 29.1 Å². The number of H-pyrrole nitrogens is 1. The average Bonchev–Trinajstić information content (AvgIpc) is 3.61. The third-order valence-electron chi connectivity index (χ3n) is 6.54. The molecule has 1 atom stereocenters. The van der Waals surface area contributed by atoms with Crippen LogP contribution in [0.5, 0.6) is 5.75 Å². The van der Waals surface area contributed by atoms with Crippen LogP contribution in [-0.2, 0) is 17.5 Å². The van der Waals surface area contributed by atoms with Crippen molar-refractivity contribution in [3.05, 3.63) is 111 Å². The minimum atomic E-state index is -4.44. The predicted octanol–water partition coefficient (Wildman–Crippen LogP) is 7.62. The first-order valence-corrected chi connectivity index (χ1v) is 14.1. The number of aromatic amines is 1. The molecule has 0 saturated heterocycles. The largest absolute Gasteiger partial charge is 0.486 e. The van der Waals surface area contributed by atoms with Crippen molar-refractivity contribution in [2.45, 2.75) is 25.7 Å². The summed E-state index contributed by atoms with van der Waals surface area (Å²) < 4.78 is 46.4. The molecule has 0 fully saturated rings. The Hall–Kier alpha value is -4.61. The number of hydrogen-bond donors (Lipinski definition) is 2. The summed E-state index contributed by atoms with van der Waals surface area (Å²) in [6.45, 7) is 2.53. The minimum Gasteiger partial charge on any atom is -0.486 e. The Labute approximate surface area is 260 Å². The van der Waals surface area contributed by atoms with Crippen LogP contribution in [0.2, 0.25) is 10.0 Å². The Balaban J connectivity index is 1.16. The number of halogens is 5. The van der Waals surface area contributed by atoms with E-state index >= 15 is 0 Å². The summed E-state index contributed by atoms with van der Waals surface area (Å²) in [5.74, 6) is 0.189. The maximum absolute atomic E-state index is 12.9. The van der Waals surface area contributed by atoms with Crippen LogP contribution in [0.3, 0.4) is 0 Å². The van der Waals surface area contributed by atoms with Gasteiger partial charge in [0.05, 0.1) is 39.6 Å². The lowest BCUT2D eigenvalue weighted by Gasteiger charge is -2.17. The zero-order chi connectivity index (χ0) is 31.3. The SMILES string of the molecule is C[C@@H](Oc1ccc2[nH]nc(/C=C/c3cnn(CCNC(=O)/C=C/c4cccc(C(F)(F)F)c4)c3)c2c1)c1c(Cl)cncc1Cl. The lowest BCUT2D eigenvalue weighted by atomic mass is 10.1. The highest BCUT2D eigenvalue weighted by molar-refractivity contribution is 6.35. The number of nitrogens with one attached hydrogen (secondary N) is 2. The number of alkyl halides is 3. The quantitative estimate of drug-likeness (QED) is 0.153. The number of pyridine rings is 1. The summed E-state index contributed by atoms with van der Waals surface area (Å²) in [5.41, 5.74) is 2.51. The number of hydrogen-bond acceptors (Lipinski definition) is 5. The first kappa shape index (κ1) is 30.8. The van der Waals surface area contributed by atoms with Gasteiger partial charge in [0.25, 0.3) is 0 Å². The molecule has 226 valence electrons. The average molecular weight is 641 g/mol. The van der Waals surface area contributed by atoms with Crippen molar-refractivity contribution in [2.24, 2.45) is 0 Å². The van der Waals surface area contributed by atoms with Crippen molar-refractivity contribution in [2.75, 3.05) is 6.54 Å². The number of benzene rings is 2. The van der Waals surface area contributed by atoms with Gasteiger partial charge in [-0.2, -0.15) is 23.4 Å². The minimum absolute atomic E-state index is 0.276. The zero-order valence-corrected chi connectivity index (χ0v) is 24.7. The van der Waals surface area contributed by atoms with E-state index in [1.807, 2.05) is 43.5 Å². The summed E-state index contributed by atoms with van der Waals surface area (Å²) in [6, 6.07) is 10.3. The topological polar surface area (TPSA) is 97.7 Å². The number of ether oxygens (including phenoxy) is 1. The van der Waals surface area contributed by atoms with Crippen molar-refractivity contribution >= 4 is 58.2 Å². The number of rotatable bonds is 10. The van der Waals surface area contributed by atoms with Crippen molar-refractivity contribution < 1.29 is 22.7 Å². The lowest BCUT2D eigenvalue weighted by Crippen LogP contribution is -2.25. The Kier molecular flexibility index (Phi) is 9.36. The highest BCUT2D eigenvalue weighted by Crippen LogP contribution is 2.34. The molecule has 1 amide bonds. The molecule has 5 aromatic rings. The standard InChI is InChI=1S/C31H25Cl2F3N6O2/c1-19(30-25(32)16-37-17-26(30)33)44-23-7-9-28-24(14-23)27(40-41-28)8-5-21-15-39-42(18-21)12-11-38-29(43)10-6-20-3-2-4-22(13-20)31(34,35)36/h2-10,13-19H,11-12H2,1H3,(H,38,43)(H,40,41)/b8-5+,10-6+/t19-/m1/s1. The van der Waals surface area contributed by atoms with Crippen molar-refractivity contribution in [3.8, 4) is 5.75 Å². The molecule has 2 N–H and O–H groups in total. The molecule has 0 aliphatic carbocycles. The Morgan fingerprint density at radius 2 is 1.86 bits per heavy atom.